The van der Waals surface area contributed by atoms with Crippen LogP contribution in [0.4, 0.5) is 0 Å². The third kappa shape index (κ3) is 4.73. The lowest BCUT2D eigenvalue weighted by molar-refractivity contribution is 0.363. The fourth-order valence-electron chi connectivity index (χ4n) is 3.54. The minimum absolute atomic E-state index is 0.166. The van der Waals surface area contributed by atoms with Gasteiger partial charge in [-0.25, -0.2) is 4.79 Å². The van der Waals surface area contributed by atoms with Gasteiger partial charge in [0.2, 0.25) is 0 Å². The smallest absolute Gasteiger partial charge is 0.331 e. The fraction of sp³-hybridized carbons (Fsp3) is 0.208. The van der Waals surface area contributed by atoms with Crippen LogP contribution in [0.15, 0.2) is 87.0 Å². The van der Waals surface area contributed by atoms with Crippen LogP contribution in [0, 0.1) is 6.92 Å². The number of nitrogens with two attached hydrogens (primary N) is 1. The van der Waals surface area contributed by atoms with E-state index in [0.29, 0.717) is 23.4 Å². The summed E-state index contributed by atoms with van der Waals surface area (Å²) in [6.07, 6.45) is 2.19. The number of aromatic nitrogens is 3. The molecule has 0 aliphatic heterocycles. The molecule has 0 saturated carbocycles. The standard InChI is InChI=1S/C24H24N4O3/c1-17-14-27(24(30)28(23(17)29)15-19-10-6-3-7-11-19)16-20-13-22(26-31-20)21(25)12-18-8-4-2-5-9-18/h2-11,13-14,21H,12,15-16,25H2,1H3/t21-/m0/s1. The highest BCUT2D eigenvalue weighted by atomic mass is 16.5. The molecule has 4 rings (SSSR count). The zero-order valence-corrected chi connectivity index (χ0v) is 17.3. The Labute approximate surface area is 179 Å². The fourth-order valence-corrected chi connectivity index (χ4v) is 3.54. The molecule has 2 heterocycles. The van der Waals surface area contributed by atoms with Gasteiger partial charge in [0, 0.05) is 17.8 Å². The molecule has 0 bridgehead atoms. The monoisotopic (exact) mass is 416 g/mol. The predicted octanol–water partition coefficient (Wildman–Crippen LogP) is 2.65. The highest BCUT2D eigenvalue weighted by molar-refractivity contribution is 5.20. The molecule has 2 N–H and O–H groups in total. The van der Waals surface area contributed by atoms with Crippen molar-refractivity contribution in [2.24, 2.45) is 5.73 Å². The Balaban J connectivity index is 1.56. The second kappa shape index (κ2) is 8.97. The average Bonchev–Trinajstić information content (AvgIpc) is 3.25. The third-order valence-corrected chi connectivity index (χ3v) is 5.17. The van der Waals surface area contributed by atoms with Gasteiger partial charge in [0.15, 0.2) is 5.76 Å². The van der Waals surface area contributed by atoms with Crippen LogP contribution in [0.1, 0.15) is 34.2 Å². The first-order chi connectivity index (χ1) is 15.0. The van der Waals surface area contributed by atoms with Crippen molar-refractivity contribution in [1.82, 2.24) is 14.3 Å². The maximum absolute atomic E-state index is 13.0. The number of nitrogens with zero attached hydrogens (tertiary/aromatic N) is 3. The Morgan fingerprint density at radius 3 is 2.29 bits per heavy atom. The molecule has 0 aliphatic carbocycles. The molecule has 2 aromatic carbocycles. The third-order valence-electron chi connectivity index (χ3n) is 5.17. The van der Waals surface area contributed by atoms with Gasteiger partial charge in [-0.1, -0.05) is 65.8 Å². The molecule has 7 nitrogen and oxygen atoms in total. The molecule has 1 atom stereocenters. The lowest BCUT2D eigenvalue weighted by atomic mass is 10.0. The summed E-state index contributed by atoms with van der Waals surface area (Å²) in [7, 11) is 0. The Bertz CT molecular complexity index is 1270. The molecular formula is C24H24N4O3. The van der Waals surface area contributed by atoms with E-state index in [1.807, 2.05) is 60.7 Å². The molecular weight excluding hydrogens is 392 g/mol. The number of hydrogen-bond acceptors (Lipinski definition) is 5. The van der Waals surface area contributed by atoms with E-state index in [1.54, 1.807) is 19.2 Å². The number of aryl methyl sites for hydroxylation is 1. The van der Waals surface area contributed by atoms with Crippen LogP contribution in [-0.4, -0.2) is 14.3 Å². The van der Waals surface area contributed by atoms with Gasteiger partial charge in [0.25, 0.3) is 5.56 Å². The minimum Gasteiger partial charge on any atom is -0.359 e. The van der Waals surface area contributed by atoms with Crippen LogP contribution in [0.5, 0.6) is 0 Å². The normalized spacial score (nSPS) is 12.1. The molecule has 4 aromatic rings. The van der Waals surface area contributed by atoms with Gasteiger partial charge in [0.1, 0.15) is 5.69 Å². The van der Waals surface area contributed by atoms with Crippen LogP contribution >= 0.6 is 0 Å². The van der Waals surface area contributed by atoms with Gasteiger partial charge >= 0.3 is 5.69 Å². The van der Waals surface area contributed by atoms with E-state index in [0.717, 1.165) is 11.1 Å². The minimum atomic E-state index is -0.397. The van der Waals surface area contributed by atoms with E-state index in [2.05, 4.69) is 5.16 Å². The lowest BCUT2D eigenvalue weighted by Gasteiger charge is -2.11. The maximum atomic E-state index is 13.0. The Morgan fingerprint density at radius 1 is 0.968 bits per heavy atom. The van der Waals surface area contributed by atoms with Crippen molar-refractivity contribution in [3.63, 3.8) is 0 Å². The summed E-state index contributed by atoms with van der Waals surface area (Å²) in [6.45, 7) is 2.07. The van der Waals surface area contributed by atoms with Crippen molar-refractivity contribution in [2.45, 2.75) is 32.5 Å². The van der Waals surface area contributed by atoms with E-state index < -0.39 is 5.69 Å². The summed E-state index contributed by atoms with van der Waals surface area (Å²) in [4.78, 5) is 25.5. The summed E-state index contributed by atoms with van der Waals surface area (Å²) in [5, 5.41) is 4.08. The first-order valence-electron chi connectivity index (χ1n) is 10.1. The summed E-state index contributed by atoms with van der Waals surface area (Å²) in [6, 6.07) is 20.8. The van der Waals surface area contributed by atoms with E-state index in [1.165, 1.54) is 9.13 Å². The zero-order valence-electron chi connectivity index (χ0n) is 17.3. The number of hydrogen-bond donors (Lipinski definition) is 1. The van der Waals surface area contributed by atoms with Gasteiger partial charge in [-0.05, 0) is 24.5 Å². The molecule has 0 aliphatic rings. The van der Waals surface area contributed by atoms with Gasteiger partial charge in [-0.3, -0.25) is 13.9 Å². The Kier molecular flexibility index (Phi) is 5.95. The number of rotatable bonds is 7. The zero-order chi connectivity index (χ0) is 21.8. The summed E-state index contributed by atoms with van der Waals surface area (Å²) >= 11 is 0. The Hall–Kier alpha value is -3.71. The molecule has 158 valence electrons. The molecule has 0 spiro atoms. The topological polar surface area (TPSA) is 96.1 Å². The lowest BCUT2D eigenvalue weighted by Crippen LogP contribution is -2.41. The van der Waals surface area contributed by atoms with Crippen molar-refractivity contribution in [3.8, 4) is 0 Å². The summed E-state index contributed by atoms with van der Waals surface area (Å²) < 4.78 is 8.14. The summed E-state index contributed by atoms with van der Waals surface area (Å²) in [5.74, 6) is 0.505. The quantitative estimate of drug-likeness (QED) is 0.500. The van der Waals surface area contributed by atoms with Crippen molar-refractivity contribution < 1.29 is 4.52 Å². The van der Waals surface area contributed by atoms with Gasteiger partial charge in [0.05, 0.1) is 19.1 Å². The average molecular weight is 416 g/mol. The first-order valence-corrected chi connectivity index (χ1v) is 10.1. The van der Waals surface area contributed by atoms with Crippen molar-refractivity contribution in [3.05, 3.63) is 122 Å². The molecule has 7 heteroatoms. The highest BCUT2D eigenvalue weighted by Crippen LogP contribution is 2.16. The van der Waals surface area contributed by atoms with E-state index >= 15 is 0 Å². The van der Waals surface area contributed by atoms with Crippen molar-refractivity contribution in [2.75, 3.05) is 0 Å². The second-order valence-electron chi connectivity index (χ2n) is 7.61. The summed E-state index contributed by atoms with van der Waals surface area (Å²) in [5.41, 5.74) is 8.69. The highest BCUT2D eigenvalue weighted by Gasteiger charge is 2.15. The van der Waals surface area contributed by atoms with Crippen molar-refractivity contribution in [1.29, 1.82) is 0 Å². The van der Waals surface area contributed by atoms with Crippen LogP contribution in [0.3, 0.4) is 0 Å². The SMILES string of the molecule is Cc1cn(Cc2cc([C@@H](N)Cc3ccccc3)no2)c(=O)n(Cc2ccccc2)c1=O. The number of benzene rings is 2. The molecule has 0 radical (unpaired) electrons. The van der Waals surface area contributed by atoms with Crippen LogP contribution in [-0.2, 0) is 19.5 Å². The second-order valence-corrected chi connectivity index (χ2v) is 7.61. The molecule has 2 aromatic heterocycles. The van der Waals surface area contributed by atoms with Crippen LogP contribution in [0.2, 0.25) is 0 Å². The molecule has 0 unspecified atom stereocenters. The Morgan fingerprint density at radius 2 is 1.61 bits per heavy atom. The molecule has 31 heavy (non-hydrogen) atoms. The van der Waals surface area contributed by atoms with Gasteiger partial charge in [-0.15, -0.1) is 0 Å². The van der Waals surface area contributed by atoms with Gasteiger partial charge in [-0.2, -0.15) is 0 Å². The largest absolute Gasteiger partial charge is 0.359 e. The van der Waals surface area contributed by atoms with E-state index in [-0.39, 0.29) is 24.7 Å². The molecule has 0 fully saturated rings. The van der Waals surface area contributed by atoms with Crippen molar-refractivity contribution >= 4 is 0 Å². The molecule has 0 saturated heterocycles. The van der Waals surface area contributed by atoms with Crippen LogP contribution in [0.25, 0.3) is 0 Å². The van der Waals surface area contributed by atoms with Crippen LogP contribution < -0.4 is 17.0 Å². The maximum Gasteiger partial charge on any atom is 0.331 e. The van der Waals surface area contributed by atoms with E-state index in [4.69, 9.17) is 10.3 Å². The molecule has 0 amide bonds. The van der Waals surface area contributed by atoms with Gasteiger partial charge < -0.3 is 10.3 Å². The van der Waals surface area contributed by atoms with E-state index in [9.17, 15) is 9.59 Å². The first kappa shape index (κ1) is 20.6. The predicted molar refractivity (Wildman–Crippen MR) is 118 cm³/mol.